The van der Waals surface area contributed by atoms with E-state index in [1.807, 2.05) is 6.92 Å². The average molecular weight is 326 g/mol. The molecule has 2 heteroatoms. The molecule has 0 amide bonds. The fourth-order valence-corrected chi connectivity index (χ4v) is 6.92. The lowest BCUT2D eigenvalue weighted by atomic mass is 9.54. The molecule has 0 unspecified atom stereocenters. The van der Waals surface area contributed by atoms with Crippen molar-refractivity contribution in [3.63, 3.8) is 0 Å². The van der Waals surface area contributed by atoms with E-state index in [2.05, 4.69) is 32.0 Å². The summed E-state index contributed by atoms with van der Waals surface area (Å²) < 4.78 is 5.42. The van der Waals surface area contributed by atoms with Crippen molar-refractivity contribution < 1.29 is 9.53 Å². The van der Waals surface area contributed by atoms with Gasteiger partial charge in [0.05, 0.1) is 7.11 Å². The van der Waals surface area contributed by atoms with Crippen LogP contribution in [0.2, 0.25) is 0 Å². The number of rotatable bonds is 2. The van der Waals surface area contributed by atoms with Crippen molar-refractivity contribution in [3.8, 4) is 5.75 Å². The van der Waals surface area contributed by atoms with Crippen molar-refractivity contribution in [2.45, 2.75) is 58.8 Å². The van der Waals surface area contributed by atoms with Crippen LogP contribution in [0.3, 0.4) is 0 Å². The molecule has 3 aliphatic rings. The quantitative estimate of drug-likeness (QED) is 0.764. The first-order valence-electron chi connectivity index (χ1n) is 9.63. The van der Waals surface area contributed by atoms with E-state index in [4.69, 9.17) is 4.74 Å². The van der Waals surface area contributed by atoms with Crippen LogP contribution in [0, 0.1) is 29.1 Å². The third-order valence-electron chi connectivity index (χ3n) is 7.71. The largest absolute Gasteiger partial charge is 0.497 e. The Kier molecular flexibility index (Phi) is 3.78. The molecule has 0 aromatic heterocycles. The SMILES string of the molecule is COc1ccc2c(c1)CC[C@@H]1[C@@H]2CC[C@@]2(C)[C@H]1C[C@@H](C)[C@@H]2C(C)=O. The van der Waals surface area contributed by atoms with Crippen LogP contribution in [0.1, 0.15) is 63.5 Å². The molecule has 0 spiro atoms. The summed E-state index contributed by atoms with van der Waals surface area (Å²) in [7, 11) is 1.75. The highest BCUT2D eigenvalue weighted by Gasteiger charge is 2.58. The van der Waals surface area contributed by atoms with Gasteiger partial charge >= 0.3 is 0 Å². The Hall–Kier alpha value is -1.31. The summed E-state index contributed by atoms with van der Waals surface area (Å²) in [6.45, 7) is 6.56. The van der Waals surface area contributed by atoms with Gasteiger partial charge in [0.15, 0.2) is 0 Å². The predicted octanol–water partition coefficient (Wildman–Crippen LogP) is 5.00. The van der Waals surface area contributed by atoms with E-state index < -0.39 is 0 Å². The lowest BCUT2D eigenvalue weighted by Crippen LogP contribution is -2.44. The molecular weight excluding hydrogens is 296 g/mol. The summed E-state index contributed by atoms with van der Waals surface area (Å²) in [5.74, 6) is 4.41. The zero-order chi connectivity index (χ0) is 17.1. The Morgan fingerprint density at radius 2 is 2.08 bits per heavy atom. The van der Waals surface area contributed by atoms with E-state index in [0.29, 0.717) is 17.6 Å². The summed E-state index contributed by atoms with van der Waals surface area (Å²) in [5.41, 5.74) is 3.29. The van der Waals surface area contributed by atoms with Gasteiger partial charge in [0, 0.05) is 5.92 Å². The van der Waals surface area contributed by atoms with Crippen LogP contribution in [0.25, 0.3) is 0 Å². The topological polar surface area (TPSA) is 26.3 Å². The lowest BCUT2D eigenvalue weighted by molar-refractivity contribution is -0.127. The maximum absolute atomic E-state index is 12.3. The van der Waals surface area contributed by atoms with Gasteiger partial charge in [0.2, 0.25) is 0 Å². The number of carbonyl (C=O) groups excluding carboxylic acids is 1. The molecule has 0 bridgehead atoms. The summed E-state index contributed by atoms with van der Waals surface area (Å²) in [4.78, 5) is 12.3. The Labute approximate surface area is 146 Å². The minimum atomic E-state index is 0.233. The van der Waals surface area contributed by atoms with Crippen LogP contribution >= 0.6 is 0 Å². The lowest BCUT2D eigenvalue weighted by Gasteiger charge is -2.50. The van der Waals surface area contributed by atoms with E-state index >= 15 is 0 Å². The second kappa shape index (κ2) is 5.61. The van der Waals surface area contributed by atoms with Gasteiger partial charge in [-0.25, -0.2) is 0 Å². The molecule has 24 heavy (non-hydrogen) atoms. The summed E-state index contributed by atoms with van der Waals surface area (Å²) in [6.07, 6.45) is 6.14. The molecule has 0 N–H and O–H groups in total. The van der Waals surface area contributed by atoms with E-state index in [1.54, 1.807) is 12.7 Å². The third kappa shape index (κ3) is 2.18. The minimum absolute atomic E-state index is 0.233. The van der Waals surface area contributed by atoms with Gasteiger partial charge < -0.3 is 4.74 Å². The molecule has 130 valence electrons. The van der Waals surface area contributed by atoms with Crippen LogP contribution in [0.5, 0.6) is 5.75 Å². The highest BCUT2D eigenvalue weighted by Crippen LogP contribution is 2.64. The van der Waals surface area contributed by atoms with Crippen molar-refractivity contribution in [3.05, 3.63) is 29.3 Å². The molecule has 6 atom stereocenters. The number of ether oxygens (including phenoxy) is 1. The molecule has 3 aliphatic carbocycles. The van der Waals surface area contributed by atoms with E-state index in [9.17, 15) is 4.79 Å². The van der Waals surface area contributed by atoms with Gasteiger partial charge in [0.1, 0.15) is 11.5 Å². The van der Waals surface area contributed by atoms with Crippen LogP contribution in [0.15, 0.2) is 18.2 Å². The van der Waals surface area contributed by atoms with Gasteiger partial charge in [-0.2, -0.15) is 0 Å². The number of aryl methyl sites for hydroxylation is 1. The maximum Gasteiger partial charge on any atom is 0.133 e. The minimum Gasteiger partial charge on any atom is -0.497 e. The molecular formula is C22H30O2. The highest BCUT2D eigenvalue weighted by molar-refractivity contribution is 5.80. The number of methoxy groups -OCH3 is 1. The van der Waals surface area contributed by atoms with Crippen LogP contribution in [-0.2, 0) is 11.2 Å². The van der Waals surface area contributed by atoms with Crippen molar-refractivity contribution in [2.24, 2.45) is 29.1 Å². The van der Waals surface area contributed by atoms with Crippen molar-refractivity contribution in [1.29, 1.82) is 0 Å². The molecule has 1 aromatic carbocycles. The Balaban J connectivity index is 1.68. The van der Waals surface area contributed by atoms with Crippen molar-refractivity contribution >= 4 is 5.78 Å². The Morgan fingerprint density at radius 1 is 1.29 bits per heavy atom. The average Bonchev–Trinajstić information content (AvgIpc) is 2.84. The van der Waals surface area contributed by atoms with E-state index in [-0.39, 0.29) is 11.3 Å². The van der Waals surface area contributed by atoms with Gasteiger partial charge in [0.25, 0.3) is 0 Å². The number of Topliss-reactive ketones (excluding diaryl/α,β-unsaturated/α-hetero) is 1. The van der Waals surface area contributed by atoms with Crippen LogP contribution in [0.4, 0.5) is 0 Å². The highest BCUT2D eigenvalue weighted by atomic mass is 16.5. The predicted molar refractivity (Wildman–Crippen MR) is 96.3 cm³/mol. The van der Waals surface area contributed by atoms with Crippen LogP contribution < -0.4 is 4.74 Å². The molecule has 2 fully saturated rings. The summed E-state index contributed by atoms with van der Waals surface area (Å²) >= 11 is 0. The van der Waals surface area contributed by atoms with Crippen LogP contribution in [-0.4, -0.2) is 12.9 Å². The molecule has 1 aromatic rings. The van der Waals surface area contributed by atoms with Gasteiger partial charge in [-0.1, -0.05) is 19.9 Å². The van der Waals surface area contributed by atoms with Gasteiger partial charge in [-0.15, -0.1) is 0 Å². The standard InChI is InChI=1S/C22H30O2/c1-13-11-20-19-7-5-15-12-16(24-4)6-8-17(15)18(19)9-10-22(20,3)21(13)14(2)23/h6,8,12-13,18-21H,5,7,9-11H2,1-4H3/t13-,18-,19-,20+,21-,22+/m1/s1. The summed E-state index contributed by atoms with van der Waals surface area (Å²) in [5, 5.41) is 0. The number of ketones is 1. The number of carbonyl (C=O) groups is 1. The maximum atomic E-state index is 12.3. The molecule has 0 saturated heterocycles. The molecule has 2 nitrogen and oxygen atoms in total. The zero-order valence-corrected chi connectivity index (χ0v) is 15.5. The number of benzene rings is 1. The summed E-state index contributed by atoms with van der Waals surface area (Å²) in [6, 6.07) is 6.69. The van der Waals surface area contributed by atoms with Gasteiger partial charge in [-0.3, -0.25) is 4.79 Å². The number of hydrogen-bond acceptors (Lipinski definition) is 2. The Bertz CT molecular complexity index is 664. The molecule has 0 radical (unpaired) electrons. The Morgan fingerprint density at radius 3 is 2.79 bits per heavy atom. The fraction of sp³-hybridized carbons (Fsp3) is 0.682. The van der Waals surface area contributed by atoms with E-state index in [0.717, 1.165) is 17.6 Å². The second-order valence-electron chi connectivity index (χ2n) is 8.83. The normalized spacial score (nSPS) is 40.4. The first-order chi connectivity index (χ1) is 11.5. The first kappa shape index (κ1) is 16.2. The molecule has 0 aliphatic heterocycles. The first-order valence-corrected chi connectivity index (χ1v) is 9.63. The number of hydrogen-bond donors (Lipinski definition) is 0. The van der Waals surface area contributed by atoms with E-state index in [1.165, 1.54) is 37.7 Å². The smallest absolute Gasteiger partial charge is 0.133 e. The molecule has 0 heterocycles. The molecule has 2 saturated carbocycles. The zero-order valence-electron chi connectivity index (χ0n) is 15.5. The van der Waals surface area contributed by atoms with Crippen molar-refractivity contribution in [1.82, 2.24) is 0 Å². The van der Waals surface area contributed by atoms with Crippen molar-refractivity contribution in [2.75, 3.05) is 7.11 Å². The van der Waals surface area contributed by atoms with Gasteiger partial charge in [-0.05, 0) is 91.4 Å². The molecule has 4 rings (SSSR count). The third-order valence-corrected chi connectivity index (χ3v) is 7.71. The number of fused-ring (bicyclic) bond motifs is 5. The monoisotopic (exact) mass is 326 g/mol. The fourth-order valence-electron chi connectivity index (χ4n) is 6.92. The second-order valence-corrected chi connectivity index (χ2v) is 8.83.